The molecular weight excluding hydrogens is 318 g/mol. The van der Waals surface area contributed by atoms with Gasteiger partial charge in [-0.3, -0.25) is 15.0 Å². The SMILES string of the molecule is O=[N+]([O-])c1ccc(NC2CCN(Cc3ccnc(Cl)c3)C2)nc1. The Balaban J connectivity index is 1.54. The summed E-state index contributed by atoms with van der Waals surface area (Å²) in [5.41, 5.74) is 1.14. The van der Waals surface area contributed by atoms with Crippen molar-refractivity contribution in [3.05, 3.63) is 57.5 Å². The van der Waals surface area contributed by atoms with Crippen molar-refractivity contribution >= 4 is 23.1 Å². The number of nitro groups is 1. The van der Waals surface area contributed by atoms with E-state index in [0.717, 1.165) is 31.6 Å². The molecule has 1 fully saturated rings. The van der Waals surface area contributed by atoms with Crippen LogP contribution in [0.4, 0.5) is 11.5 Å². The molecule has 1 saturated heterocycles. The van der Waals surface area contributed by atoms with Crippen molar-refractivity contribution in [3.63, 3.8) is 0 Å². The molecule has 1 aliphatic rings. The molecule has 0 amide bonds. The predicted molar refractivity (Wildman–Crippen MR) is 87.4 cm³/mol. The van der Waals surface area contributed by atoms with Gasteiger partial charge in [0, 0.05) is 37.9 Å². The van der Waals surface area contributed by atoms with Crippen molar-refractivity contribution in [3.8, 4) is 0 Å². The van der Waals surface area contributed by atoms with Crippen LogP contribution < -0.4 is 5.32 Å². The summed E-state index contributed by atoms with van der Waals surface area (Å²) in [4.78, 5) is 20.6. The quantitative estimate of drug-likeness (QED) is 0.514. The Bertz CT molecular complexity index is 695. The Morgan fingerprint density at radius 3 is 2.96 bits per heavy atom. The molecule has 0 aromatic carbocycles. The first-order valence-corrected chi connectivity index (χ1v) is 7.68. The maximum atomic E-state index is 10.6. The van der Waals surface area contributed by atoms with Gasteiger partial charge in [0.1, 0.15) is 17.2 Å². The molecule has 1 atom stereocenters. The van der Waals surface area contributed by atoms with Crippen molar-refractivity contribution < 1.29 is 4.92 Å². The molecule has 0 saturated carbocycles. The van der Waals surface area contributed by atoms with Gasteiger partial charge in [-0.1, -0.05) is 11.6 Å². The number of aromatic nitrogens is 2. The third kappa shape index (κ3) is 4.14. The van der Waals surface area contributed by atoms with E-state index in [2.05, 4.69) is 20.2 Å². The number of likely N-dealkylation sites (tertiary alicyclic amines) is 1. The molecule has 0 radical (unpaired) electrons. The molecule has 0 aliphatic carbocycles. The first-order valence-electron chi connectivity index (χ1n) is 7.30. The molecular formula is C15H16ClN5O2. The molecule has 1 unspecified atom stereocenters. The lowest BCUT2D eigenvalue weighted by molar-refractivity contribution is -0.385. The van der Waals surface area contributed by atoms with Gasteiger partial charge in [-0.05, 0) is 30.2 Å². The highest BCUT2D eigenvalue weighted by Gasteiger charge is 2.22. The van der Waals surface area contributed by atoms with E-state index < -0.39 is 4.92 Å². The van der Waals surface area contributed by atoms with Crippen molar-refractivity contribution in [2.24, 2.45) is 0 Å². The third-order valence-corrected chi connectivity index (χ3v) is 3.99. The fraction of sp³-hybridized carbons (Fsp3) is 0.333. The number of pyridine rings is 2. The van der Waals surface area contributed by atoms with Crippen molar-refractivity contribution in [1.29, 1.82) is 0 Å². The zero-order valence-corrected chi connectivity index (χ0v) is 13.1. The van der Waals surface area contributed by atoms with Crippen molar-refractivity contribution in [1.82, 2.24) is 14.9 Å². The van der Waals surface area contributed by atoms with Crippen LogP contribution in [0.25, 0.3) is 0 Å². The Kier molecular flexibility index (Phi) is 4.68. The highest BCUT2D eigenvalue weighted by Crippen LogP contribution is 2.19. The zero-order valence-electron chi connectivity index (χ0n) is 12.4. The van der Waals surface area contributed by atoms with Crippen LogP contribution in [-0.4, -0.2) is 38.9 Å². The van der Waals surface area contributed by atoms with Gasteiger partial charge in [0.2, 0.25) is 0 Å². The number of rotatable bonds is 5. The summed E-state index contributed by atoms with van der Waals surface area (Å²) in [5, 5.41) is 14.4. The van der Waals surface area contributed by atoms with Crippen LogP contribution in [0.1, 0.15) is 12.0 Å². The fourth-order valence-corrected chi connectivity index (χ4v) is 2.88. The van der Waals surface area contributed by atoms with Crippen LogP contribution in [-0.2, 0) is 6.54 Å². The molecule has 2 aromatic rings. The van der Waals surface area contributed by atoms with Gasteiger partial charge in [-0.15, -0.1) is 0 Å². The van der Waals surface area contributed by atoms with E-state index in [-0.39, 0.29) is 11.7 Å². The lowest BCUT2D eigenvalue weighted by Crippen LogP contribution is -2.26. The third-order valence-electron chi connectivity index (χ3n) is 3.78. The molecule has 2 aromatic heterocycles. The first kappa shape index (κ1) is 15.6. The second-order valence-corrected chi connectivity index (χ2v) is 5.90. The number of anilines is 1. The second-order valence-electron chi connectivity index (χ2n) is 5.51. The first-order chi connectivity index (χ1) is 11.1. The molecule has 23 heavy (non-hydrogen) atoms. The van der Waals surface area contributed by atoms with Crippen LogP contribution in [0.15, 0.2) is 36.7 Å². The molecule has 1 N–H and O–H groups in total. The molecule has 3 rings (SSSR count). The summed E-state index contributed by atoms with van der Waals surface area (Å²) in [5.74, 6) is 0.661. The number of hydrogen-bond donors (Lipinski definition) is 1. The number of hydrogen-bond acceptors (Lipinski definition) is 6. The van der Waals surface area contributed by atoms with Gasteiger partial charge in [-0.2, -0.15) is 0 Å². The van der Waals surface area contributed by atoms with Gasteiger partial charge in [0.05, 0.1) is 4.92 Å². The summed E-state index contributed by atoms with van der Waals surface area (Å²) in [7, 11) is 0. The molecule has 3 heterocycles. The van der Waals surface area contributed by atoms with Crippen molar-refractivity contribution in [2.45, 2.75) is 19.0 Å². The largest absolute Gasteiger partial charge is 0.366 e. The van der Waals surface area contributed by atoms with Gasteiger partial charge < -0.3 is 5.32 Å². The molecule has 1 aliphatic heterocycles. The van der Waals surface area contributed by atoms with Crippen LogP contribution in [0.5, 0.6) is 0 Å². The smallest absolute Gasteiger partial charge is 0.287 e. The predicted octanol–water partition coefficient (Wildman–Crippen LogP) is 2.72. The van der Waals surface area contributed by atoms with E-state index in [1.165, 1.54) is 12.3 Å². The molecule has 120 valence electrons. The molecule has 8 heteroatoms. The van der Waals surface area contributed by atoms with Crippen LogP contribution in [0.3, 0.4) is 0 Å². The van der Waals surface area contributed by atoms with Crippen molar-refractivity contribution in [2.75, 3.05) is 18.4 Å². The summed E-state index contributed by atoms with van der Waals surface area (Å²) in [6.07, 6.45) is 3.98. The highest BCUT2D eigenvalue weighted by molar-refractivity contribution is 6.29. The van der Waals surface area contributed by atoms with Gasteiger partial charge >= 0.3 is 0 Å². The normalized spacial score (nSPS) is 18.0. The number of nitrogens with zero attached hydrogens (tertiary/aromatic N) is 4. The van der Waals surface area contributed by atoms with Crippen LogP contribution >= 0.6 is 11.6 Å². The lowest BCUT2D eigenvalue weighted by Gasteiger charge is -2.17. The maximum Gasteiger partial charge on any atom is 0.287 e. The minimum absolute atomic E-state index is 0.00170. The minimum atomic E-state index is -0.450. The topological polar surface area (TPSA) is 84.2 Å². The fourth-order valence-electron chi connectivity index (χ4n) is 2.68. The van der Waals surface area contributed by atoms with E-state index in [9.17, 15) is 10.1 Å². The van der Waals surface area contributed by atoms with Gasteiger partial charge in [-0.25, -0.2) is 9.97 Å². The zero-order chi connectivity index (χ0) is 16.2. The van der Waals surface area contributed by atoms with E-state index >= 15 is 0 Å². The minimum Gasteiger partial charge on any atom is -0.366 e. The average Bonchev–Trinajstić information content (AvgIpc) is 2.95. The maximum absolute atomic E-state index is 10.6. The van der Waals surface area contributed by atoms with Gasteiger partial charge in [0.15, 0.2) is 0 Å². The molecule has 0 bridgehead atoms. The molecule has 0 spiro atoms. The second kappa shape index (κ2) is 6.89. The standard InChI is InChI=1S/C15H16ClN5O2/c16-14-7-11(3-5-17-14)9-20-6-4-12(10-20)19-15-2-1-13(8-18-15)21(22)23/h1-3,5,7-8,12H,4,6,9-10H2,(H,18,19). The van der Waals surface area contributed by atoms with E-state index in [1.54, 1.807) is 12.3 Å². The highest BCUT2D eigenvalue weighted by atomic mass is 35.5. The Morgan fingerprint density at radius 2 is 2.26 bits per heavy atom. The Hall–Kier alpha value is -2.25. The lowest BCUT2D eigenvalue weighted by atomic mass is 10.2. The average molecular weight is 334 g/mol. The molecule has 7 nitrogen and oxygen atoms in total. The summed E-state index contributed by atoms with van der Waals surface area (Å²) in [6.45, 7) is 2.69. The van der Waals surface area contributed by atoms with E-state index in [1.807, 2.05) is 12.1 Å². The van der Waals surface area contributed by atoms with Gasteiger partial charge in [0.25, 0.3) is 5.69 Å². The number of nitrogens with one attached hydrogen (secondary N) is 1. The van der Waals surface area contributed by atoms with Crippen LogP contribution in [0, 0.1) is 10.1 Å². The summed E-state index contributed by atoms with van der Waals surface area (Å²) < 4.78 is 0. The van der Waals surface area contributed by atoms with E-state index in [4.69, 9.17) is 11.6 Å². The van der Waals surface area contributed by atoms with Crippen LogP contribution in [0.2, 0.25) is 5.15 Å². The summed E-state index contributed by atoms with van der Waals surface area (Å²) >= 11 is 5.90. The summed E-state index contributed by atoms with van der Waals surface area (Å²) in [6, 6.07) is 7.22. The van der Waals surface area contributed by atoms with E-state index in [0.29, 0.717) is 11.0 Å². The Labute approximate surface area is 138 Å². The monoisotopic (exact) mass is 333 g/mol. The number of halogens is 1. The Morgan fingerprint density at radius 1 is 1.39 bits per heavy atom.